The number of halogens is 2. The van der Waals surface area contributed by atoms with Crippen LogP contribution < -0.4 is 0 Å². The summed E-state index contributed by atoms with van der Waals surface area (Å²) in [5.41, 5.74) is 6.74. The van der Waals surface area contributed by atoms with Gasteiger partial charge in [-0.25, -0.2) is 9.38 Å². The minimum absolute atomic E-state index is 0.115. The van der Waals surface area contributed by atoms with Gasteiger partial charge in [-0.15, -0.1) is 0 Å². The van der Waals surface area contributed by atoms with Gasteiger partial charge in [0.2, 0.25) is 0 Å². The summed E-state index contributed by atoms with van der Waals surface area (Å²) in [5, 5.41) is 2.21. The molecule has 5 heteroatoms. The third-order valence-corrected chi connectivity index (χ3v) is 5.99. The lowest BCUT2D eigenvalue weighted by Gasteiger charge is -2.12. The number of rotatable bonds is 8. The van der Waals surface area contributed by atoms with E-state index >= 15 is 0 Å². The van der Waals surface area contributed by atoms with Crippen LogP contribution in [0, 0.1) is 19.7 Å². The highest BCUT2D eigenvalue weighted by atomic mass is 35.5. The van der Waals surface area contributed by atoms with Gasteiger partial charge in [-0.2, -0.15) is 0 Å². The standard InChI is InChI=1S/C24H28ClFN2S/c1-7-28(6)15-27-24-12-17(3)21(11-18(24)4)10-16(2)14-29-19(5)20-8-9-23(26)22(25)13-20/h8-9,11-15H,5,7,10H2,1-4,6H3/b16-14+,27-15?. The summed E-state index contributed by atoms with van der Waals surface area (Å²) in [6.07, 6.45) is 2.73. The van der Waals surface area contributed by atoms with Crippen molar-refractivity contribution in [3.63, 3.8) is 0 Å². The SMILES string of the molecule is C=C(S/C=C(\C)Cc1cc(C)c(N=CN(C)CC)cc1C)c1ccc(F)c(Cl)c1. The van der Waals surface area contributed by atoms with E-state index in [0.717, 1.165) is 34.7 Å². The van der Waals surface area contributed by atoms with E-state index in [9.17, 15) is 4.39 Å². The first-order chi connectivity index (χ1) is 13.7. The summed E-state index contributed by atoms with van der Waals surface area (Å²) in [7, 11) is 2.01. The zero-order valence-electron chi connectivity index (χ0n) is 17.7. The first-order valence-electron chi connectivity index (χ1n) is 9.52. The van der Waals surface area contributed by atoms with Crippen LogP contribution in [-0.4, -0.2) is 24.8 Å². The number of allylic oxidation sites excluding steroid dienone is 1. The fraction of sp³-hybridized carbons (Fsp3) is 0.292. The number of aliphatic imine (C=N–C) groups is 1. The molecule has 2 aromatic carbocycles. The molecule has 0 N–H and O–H groups in total. The zero-order chi connectivity index (χ0) is 21.6. The van der Waals surface area contributed by atoms with Crippen LogP contribution in [0.1, 0.15) is 36.1 Å². The van der Waals surface area contributed by atoms with Crippen molar-refractivity contribution in [1.82, 2.24) is 4.90 Å². The van der Waals surface area contributed by atoms with E-state index < -0.39 is 5.82 Å². The highest BCUT2D eigenvalue weighted by molar-refractivity contribution is 8.10. The van der Waals surface area contributed by atoms with Crippen LogP contribution in [0.4, 0.5) is 10.1 Å². The molecule has 0 heterocycles. The smallest absolute Gasteiger partial charge is 0.141 e. The highest BCUT2D eigenvalue weighted by Gasteiger charge is 2.07. The average Bonchev–Trinajstić information content (AvgIpc) is 2.69. The number of aryl methyl sites for hydroxylation is 2. The van der Waals surface area contributed by atoms with Crippen LogP contribution in [0.15, 0.2) is 52.9 Å². The van der Waals surface area contributed by atoms with Crippen molar-refractivity contribution in [1.29, 1.82) is 0 Å². The Bertz CT molecular complexity index is 950. The minimum atomic E-state index is -0.417. The van der Waals surface area contributed by atoms with Gasteiger partial charge in [0.05, 0.1) is 17.0 Å². The van der Waals surface area contributed by atoms with Gasteiger partial charge in [-0.05, 0) is 80.0 Å². The van der Waals surface area contributed by atoms with E-state index in [-0.39, 0.29) is 5.02 Å². The molecule has 0 aliphatic carbocycles. The van der Waals surface area contributed by atoms with Crippen molar-refractivity contribution in [2.75, 3.05) is 13.6 Å². The molecular formula is C24H28ClFN2S. The van der Waals surface area contributed by atoms with Gasteiger partial charge in [-0.3, -0.25) is 0 Å². The molecule has 154 valence electrons. The molecule has 0 amide bonds. The van der Waals surface area contributed by atoms with Gasteiger partial charge in [0.15, 0.2) is 0 Å². The summed E-state index contributed by atoms with van der Waals surface area (Å²) in [5.74, 6) is -0.417. The molecule has 0 saturated heterocycles. The molecule has 2 aromatic rings. The van der Waals surface area contributed by atoms with E-state index in [2.05, 4.69) is 56.8 Å². The number of benzene rings is 2. The fourth-order valence-corrected chi connectivity index (χ4v) is 3.55. The van der Waals surface area contributed by atoms with Crippen LogP contribution in [0.3, 0.4) is 0 Å². The molecule has 2 rings (SSSR count). The monoisotopic (exact) mass is 430 g/mol. The van der Waals surface area contributed by atoms with E-state index in [0.29, 0.717) is 0 Å². The Morgan fingerprint density at radius 3 is 2.62 bits per heavy atom. The van der Waals surface area contributed by atoms with Gasteiger partial charge in [0.25, 0.3) is 0 Å². The van der Waals surface area contributed by atoms with Crippen molar-refractivity contribution < 1.29 is 4.39 Å². The van der Waals surface area contributed by atoms with E-state index in [1.54, 1.807) is 12.1 Å². The van der Waals surface area contributed by atoms with Crippen LogP contribution in [0.25, 0.3) is 4.91 Å². The third-order valence-electron chi connectivity index (χ3n) is 4.66. The second-order valence-electron chi connectivity index (χ2n) is 7.19. The van der Waals surface area contributed by atoms with Crippen molar-refractivity contribution >= 4 is 40.3 Å². The van der Waals surface area contributed by atoms with E-state index in [1.807, 2.05) is 18.3 Å². The molecule has 2 nitrogen and oxygen atoms in total. The number of nitrogens with zero attached hydrogens (tertiary/aromatic N) is 2. The molecule has 0 fully saturated rings. The zero-order valence-corrected chi connectivity index (χ0v) is 19.3. The Hall–Kier alpha value is -2.04. The first kappa shape index (κ1) is 23.2. The predicted octanol–water partition coefficient (Wildman–Crippen LogP) is 7.56. The molecule has 0 bridgehead atoms. The number of hydrogen-bond donors (Lipinski definition) is 0. The topological polar surface area (TPSA) is 15.6 Å². The molecule has 0 unspecified atom stereocenters. The summed E-state index contributed by atoms with van der Waals surface area (Å²) in [6, 6.07) is 9.03. The maximum atomic E-state index is 13.3. The van der Waals surface area contributed by atoms with Crippen molar-refractivity contribution in [2.24, 2.45) is 4.99 Å². The lowest BCUT2D eigenvalue weighted by atomic mass is 9.99. The quantitative estimate of drug-likeness (QED) is 0.317. The third kappa shape index (κ3) is 6.76. The molecule has 0 atom stereocenters. The Kier molecular flexibility index (Phi) is 8.54. The summed E-state index contributed by atoms with van der Waals surface area (Å²) in [4.78, 5) is 7.48. The average molecular weight is 431 g/mol. The van der Waals surface area contributed by atoms with Crippen LogP contribution in [-0.2, 0) is 6.42 Å². The van der Waals surface area contributed by atoms with Gasteiger partial charge in [0, 0.05) is 18.5 Å². The molecule has 0 spiro atoms. The van der Waals surface area contributed by atoms with E-state index in [4.69, 9.17) is 11.6 Å². The second kappa shape index (κ2) is 10.7. The Morgan fingerprint density at radius 2 is 1.97 bits per heavy atom. The molecule has 29 heavy (non-hydrogen) atoms. The highest BCUT2D eigenvalue weighted by Crippen LogP contribution is 2.31. The van der Waals surface area contributed by atoms with E-state index in [1.165, 1.54) is 34.5 Å². The Balaban J connectivity index is 2.08. The van der Waals surface area contributed by atoms with Gasteiger partial charge in [-0.1, -0.05) is 47.6 Å². The number of thioether (sulfide) groups is 1. The van der Waals surface area contributed by atoms with Gasteiger partial charge >= 0.3 is 0 Å². The van der Waals surface area contributed by atoms with Crippen LogP contribution >= 0.6 is 23.4 Å². The predicted molar refractivity (Wildman–Crippen MR) is 128 cm³/mol. The maximum absolute atomic E-state index is 13.3. The summed E-state index contributed by atoms with van der Waals surface area (Å²) >= 11 is 7.40. The summed E-state index contributed by atoms with van der Waals surface area (Å²) in [6.45, 7) is 13.4. The number of hydrogen-bond acceptors (Lipinski definition) is 2. The molecule has 0 aliphatic heterocycles. The lowest BCUT2D eigenvalue weighted by molar-refractivity contribution is 0.552. The molecular weight excluding hydrogens is 403 g/mol. The largest absolute Gasteiger partial charge is 0.366 e. The summed E-state index contributed by atoms with van der Waals surface area (Å²) < 4.78 is 13.3. The van der Waals surface area contributed by atoms with Crippen LogP contribution in [0.5, 0.6) is 0 Å². The lowest BCUT2D eigenvalue weighted by Crippen LogP contribution is -2.14. The van der Waals surface area contributed by atoms with Crippen molar-refractivity contribution in [3.05, 3.63) is 81.0 Å². The molecule has 0 saturated carbocycles. The Morgan fingerprint density at radius 1 is 1.24 bits per heavy atom. The van der Waals surface area contributed by atoms with Gasteiger partial charge < -0.3 is 4.90 Å². The van der Waals surface area contributed by atoms with Crippen LogP contribution in [0.2, 0.25) is 5.02 Å². The molecule has 0 radical (unpaired) electrons. The van der Waals surface area contributed by atoms with Crippen molar-refractivity contribution in [3.8, 4) is 0 Å². The fourth-order valence-electron chi connectivity index (χ4n) is 2.68. The van der Waals surface area contributed by atoms with Crippen molar-refractivity contribution in [2.45, 2.75) is 34.1 Å². The maximum Gasteiger partial charge on any atom is 0.141 e. The normalized spacial score (nSPS) is 11.9. The molecule has 0 aliphatic rings. The van der Waals surface area contributed by atoms with Gasteiger partial charge in [0.1, 0.15) is 5.82 Å². The Labute approximate surface area is 183 Å². The first-order valence-corrected chi connectivity index (χ1v) is 10.8. The second-order valence-corrected chi connectivity index (χ2v) is 8.57. The minimum Gasteiger partial charge on any atom is -0.366 e. The molecule has 0 aromatic heterocycles.